The van der Waals surface area contributed by atoms with Crippen molar-refractivity contribution < 1.29 is 14.1 Å². The van der Waals surface area contributed by atoms with E-state index in [0.717, 1.165) is 39.1 Å². The quantitative estimate of drug-likeness (QED) is 0.799. The molecule has 0 radical (unpaired) electrons. The van der Waals surface area contributed by atoms with Gasteiger partial charge in [0.15, 0.2) is 6.61 Å². The average molecular weight is 344 g/mol. The Hall–Kier alpha value is -2.41. The minimum atomic E-state index is 0.0102. The Labute approximate surface area is 147 Å². The summed E-state index contributed by atoms with van der Waals surface area (Å²) in [5, 5.41) is 3.81. The van der Waals surface area contributed by atoms with Crippen LogP contribution in [0.2, 0.25) is 0 Å². The molecule has 0 N–H and O–H groups in total. The fraction of sp³-hybridized carbons (Fsp3) is 0.500. The third-order valence-electron chi connectivity index (χ3n) is 4.24. The molecule has 1 aromatic heterocycles. The van der Waals surface area contributed by atoms with Crippen molar-refractivity contribution in [3.05, 3.63) is 41.5 Å². The number of nitrogens with zero attached hydrogens (tertiary/aromatic N) is 4. The Morgan fingerprint density at radius 1 is 1.24 bits per heavy atom. The van der Waals surface area contributed by atoms with Gasteiger partial charge in [0.1, 0.15) is 5.75 Å². The Bertz CT molecular complexity index is 708. The summed E-state index contributed by atoms with van der Waals surface area (Å²) in [7, 11) is 0. The van der Waals surface area contributed by atoms with Crippen LogP contribution in [0, 0.1) is 6.92 Å². The number of piperazine rings is 1. The molecule has 134 valence electrons. The van der Waals surface area contributed by atoms with Crippen molar-refractivity contribution in [1.29, 1.82) is 0 Å². The number of benzene rings is 1. The Morgan fingerprint density at radius 2 is 2.00 bits per heavy atom. The second-order valence-corrected chi connectivity index (χ2v) is 6.15. The lowest BCUT2D eigenvalue weighted by Gasteiger charge is -2.34. The number of hydrogen-bond donors (Lipinski definition) is 0. The maximum absolute atomic E-state index is 12.9. The number of carbonyl (C=O) groups is 1. The van der Waals surface area contributed by atoms with Crippen molar-refractivity contribution in [2.24, 2.45) is 0 Å². The Kier molecular flexibility index (Phi) is 5.65. The molecule has 7 nitrogen and oxygen atoms in total. The monoisotopic (exact) mass is 344 g/mol. The molecule has 1 saturated heterocycles. The van der Waals surface area contributed by atoms with Crippen LogP contribution in [0.5, 0.6) is 5.75 Å². The molecule has 1 aliphatic rings. The first kappa shape index (κ1) is 17.4. The van der Waals surface area contributed by atoms with Crippen LogP contribution in [0.1, 0.15) is 35.4 Å². The summed E-state index contributed by atoms with van der Waals surface area (Å²) in [5.41, 5.74) is 0.576. The van der Waals surface area contributed by atoms with Crippen molar-refractivity contribution in [1.82, 2.24) is 19.9 Å². The molecule has 1 fully saturated rings. The fourth-order valence-electron chi connectivity index (χ4n) is 2.97. The van der Waals surface area contributed by atoms with Crippen molar-refractivity contribution in [2.75, 3.05) is 32.7 Å². The third kappa shape index (κ3) is 4.36. The van der Waals surface area contributed by atoms with Gasteiger partial charge in [-0.25, -0.2) is 0 Å². The number of aryl methyl sites for hydroxylation is 1. The zero-order valence-corrected chi connectivity index (χ0v) is 14.8. The van der Waals surface area contributed by atoms with E-state index in [4.69, 9.17) is 9.26 Å². The zero-order valence-electron chi connectivity index (χ0n) is 14.8. The van der Waals surface area contributed by atoms with Gasteiger partial charge in [-0.05, 0) is 25.1 Å². The SMILES string of the molecule is CCCN1CCN(C(=O)c2ccccc2OCc2noc(C)n2)CC1. The van der Waals surface area contributed by atoms with Crippen molar-refractivity contribution >= 4 is 5.91 Å². The van der Waals surface area contributed by atoms with Gasteiger partial charge >= 0.3 is 0 Å². The Morgan fingerprint density at radius 3 is 2.68 bits per heavy atom. The maximum Gasteiger partial charge on any atom is 0.257 e. The predicted octanol–water partition coefficient (Wildman–Crippen LogP) is 2.12. The van der Waals surface area contributed by atoms with Crippen LogP contribution in [0.4, 0.5) is 0 Å². The van der Waals surface area contributed by atoms with Gasteiger partial charge in [-0.1, -0.05) is 24.2 Å². The second-order valence-electron chi connectivity index (χ2n) is 6.15. The Balaban J connectivity index is 1.64. The number of carbonyl (C=O) groups excluding carboxylic acids is 1. The first-order valence-electron chi connectivity index (χ1n) is 8.70. The smallest absolute Gasteiger partial charge is 0.257 e. The summed E-state index contributed by atoms with van der Waals surface area (Å²) in [4.78, 5) is 21.3. The summed E-state index contributed by atoms with van der Waals surface area (Å²) < 4.78 is 10.7. The number of aromatic nitrogens is 2. The molecule has 0 saturated carbocycles. The zero-order chi connectivity index (χ0) is 17.6. The van der Waals surface area contributed by atoms with Crippen LogP contribution < -0.4 is 4.74 Å². The summed E-state index contributed by atoms with van der Waals surface area (Å²) >= 11 is 0. The maximum atomic E-state index is 12.9. The highest BCUT2D eigenvalue weighted by Crippen LogP contribution is 2.21. The standard InChI is InChI=1S/C18H24N4O3/c1-3-8-21-9-11-22(12-10-21)18(23)15-6-4-5-7-16(15)24-13-17-19-14(2)25-20-17/h4-7H,3,8-13H2,1-2H3. The van der Waals surface area contributed by atoms with Gasteiger partial charge in [0.25, 0.3) is 5.91 Å². The number of rotatable bonds is 6. The minimum absolute atomic E-state index is 0.0102. The van der Waals surface area contributed by atoms with Crippen LogP contribution in [-0.2, 0) is 6.61 Å². The molecule has 2 aromatic rings. The topological polar surface area (TPSA) is 71.7 Å². The lowest BCUT2D eigenvalue weighted by Crippen LogP contribution is -2.48. The van der Waals surface area contributed by atoms with Gasteiger partial charge in [-0.3, -0.25) is 9.69 Å². The molecular formula is C18H24N4O3. The van der Waals surface area contributed by atoms with Gasteiger partial charge in [0, 0.05) is 33.1 Å². The highest BCUT2D eigenvalue weighted by Gasteiger charge is 2.24. The van der Waals surface area contributed by atoms with Crippen LogP contribution in [0.3, 0.4) is 0 Å². The van der Waals surface area contributed by atoms with Crippen molar-refractivity contribution in [3.8, 4) is 5.75 Å². The summed E-state index contributed by atoms with van der Waals surface area (Å²) in [6.45, 7) is 8.50. The van der Waals surface area contributed by atoms with Crippen LogP contribution in [0.15, 0.2) is 28.8 Å². The van der Waals surface area contributed by atoms with Crippen LogP contribution >= 0.6 is 0 Å². The minimum Gasteiger partial charge on any atom is -0.485 e. The lowest BCUT2D eigenvalue weighted by atomic mass is 10.1. The normalized spacial score (nSPS) is 15.4. The molecule has 1 aliphatic heterocycles. The van der Waals surface area contributed by atoms with E-state index in [1.165, 1.54) is 0 Å². The number of hydrogen-bond acceptors (Lipinski definition) is 6. The fourth-order valence-corrected chi connectivity index (χ4v) is 2.97. The van der Waals surface area contributed by atoms with E-state index in [2.05, 4.69) is 22.0 Å². The van der Waals surface area contributed by atoms with E-state index in [0.29, 0.717) is 23.0 Å². The molecule has 0 aliphatic carbocycles. The highest BCUT2D eigenvalue weighted by atomic mass is 16.5. The number of ether oxygens (including phenoxy) is 1. The lowest BCUT2D eigenvalue weighted by molar-refractivity contribution is 0.0633. The molecular weight excluding hydrogens is 320 g/mol. The van der Waals surface area contributed by atoms with Gasteiger partial charge in [-0.15, -0.1) is 0 Å². The van der Waals surface area contributed by atoms with Crippen molar-refractivity contribution in [3.63, 3.8) is 0 Å². The van der Waals surface area contributed by atoms with Crippen LogP contribution in [-0.4, -0.2) is 58.6 Å². The number of amides is 1. The average Bonchev–Trinajstić information content (AvgIpc) is 3.06. The predicted molar refractivity (Wildman–Crippen MR) is 92.4 cm³/mol. The molecule has 1 aromatic carbocycles. The first-order chi connectivity index (χ1) is 12.2. The summed E-state index contributed by atoms with van der Waals surface area (Å²) in [5.74, 6) is 1.52. The first-order valence-corrected chi connectivity index (χ1v) is 8.70. The summed E-state index contributed by atoms with van der Waals surface area (Å²) in [6, 6.07) is 7.31. The van der Waals surface area contributed by atoms with Crippen molar-refractivity contribution in [2.45, 2.75) is 26.9 Å². The molecule has 0 spiro atoms. The highest BCUT2D eigenvalue weighted by molar-refractivity contribution is 5.97. The molecule has 0 unspecified atom stereocenters. The largest absolute Gasteiger partial charge is 0.485 e. The molecule has 25 heavy (non-hydrogen) atoms. The number of para-hydroxylation sites is 1. The second kappa shape index (κ2) is 8.11. The molecule has 0 atom stereocenters. The van der Waals surface area contributed by atoms with E-state index in [-0.39, 0.29) is 12.5 Å². The molecule has 3 rings (SSSR count). The molecule has 7 heteroatoms. The van der Waals surface area contributed by atoms with E-state index >= 15 is 0 Å². The van der Waals surface area contributed by atoms with E-state index in [1.54, 1.807) is 19.1 Å². The van der Waals surface area contributed by atoms with Gasteiger partial charge in [0.2, 0.25) is 11.7 Å². The van der Waals surface area contributed by atoms with Gasteiger partial charge < -0.3 is 14.2 Å². The van der Waals surface area contributed by atoms with E-state index < -0.39 is 0 Å². The molecule has 2 heterocycles. The van der Waals surface area contributed by atoms with E-state index in [1.807, 2.05) is 17.0 Å². The molecule has 1 amide bonds. The van der Waals surface area contributed by atoms with Crippen LogP contribution in [0.25, 0.3) is 0 Å². The van der Waals surface area contributed by atoms with Gasteiger partial charge in [-0.2, -0.15) is 4.98 Å². The third-order valence-corrected chi connectivity index (χ3v) is 4.24. The summed E-state index contributed by atoms with van der Waals surface area (Å²) in [6.07, 6.45) is 1.14. The van der Waals surface area contributed by atoms with Gasteiger partial charge in [0.05, 0.1) is 5.56 Å². The molecule has 0 bridgehead atoms. The van der Waals surface area contributed by atoms with E-state index in [9.17, 15) is 4.79 Å².